The Balaban J connectivity index is 1.29. The van der Waals surface area contributed by atoms with E-state index in [0.29, 0.717) is 44.1 Å². The maximum atomic E-state index is 13.8. The van der Waals surface area contributed by atoms with Gasteiger partial charge in [-0.1, -0.05) is 50.2 Å². The molecule has 5 fully saturated rings. The van der Waals surface area contributed by atoms with Gasteiger partial charge in [-0.25, -0.2) is 4.79 Å². The molecular weight excluding hydrogens is 686 g/mol. The fourth-order valence-corrected chi connectivity index (χ4v) is 14.3. The van der Waals surface area contributed by atoms with Crippen LogP contribution >= 0.6 is 0 Å². The summed E-state index contributed by atoms with van der Waals surface area (Å²) in [5, 5.41) is 76.8. The SMILES string of the molecule is CCCCC[C@H]1C[C@@]2(C=O)[C@@H]3CC[C@@]45CCC#Cc6cccc(CO)c6C[C@H](NC)[C@@H]6C[C@H](C[C@]4(O)[C@]3(O)CC[C@]2(O)C[C@H]1O)[C@]5(CO)C1=CC(=O)O[C@H]16. The van der Waals surface area contributed by atoms with E-state index in [4.69, 9.17) is 4.74 Å². The lowest BCUT2D eigenvalue weighted by Crippen LogP contribution is -2.78. The number of likely N-dealkylation sites (N-methyl/N-ethyl adjacent to an activating group) is 1. The van der Waals surface area contributed by atoms with E-state index in [0.717, 1.165) is 48.7 Å². The van der Waals surface area contributed by atoms with Crippen molar-refractivity contribution in [3.05, 3.63) is 46.5 Å². The monoisotopic (exact) mass is 745 g/mol. The van der Waals surface area contributed by atoms with E-state index < -0.39 is 57.1 Å². The number of hydrogen-bond donors (Lipinski definition) is 7. The average Bonchev–Trinajstić information content (AvgIpc) is 3.66. The minimum Gasteiger partial charge on any atom is -0.454 e. The number of nitrogens with one attached hydrogen (secondary N) is 1. The van der Waals surface area contributed by atoms with Crippen LogP contribution in [0.3, 0.4) is 0 Å². The van der Waals surface area contributed by atoms with E-state index in [2.05, 4.69) is 24.1 Å². The number of hydrogen-bond acceptors (Lipinski definition) is 10. The lowest BCUT2D eigenvalue weighted by atomic mass is 9.36. The van der Waals surface area contributed by atoms with Crippen molar-refractivity contribution in [2.45, 2.75) is 145 Å². The number of esters is 1. The number of carbonyl (C=O) groups excluding carboxylic acids is 2. The van der Waals surface area contributed by atoms with Crippen molar-refractivity contribution >= 4 is 12.3 Å². The summed E-state index contributed by atoms with van der Waals surface area (Å²) in [5.74, 6) is 4.67. The summed E-state index contributed by atoms with van der Waals surface area (Å²) >= 11 is 0. The van der Waals surface area contributed by atoms with Crippen molar-refractivity contribution in [2.75, 3.05) is 13.7 Å². The number of aldehydes is 1. The second kappa shape index (κ2) is 13.5. The van der Waals surface area contributed by atoms with Crippen molar-refractivity contribution in [1.82, 2.24) is 5.32 Å². The van der Waals surface area contributed by atoms with Crippen LogP contribution in [0.25, 0.3) is 0 Å². The van der Waals surface area contributed by atoms with Crippen LogP contribution in [0, 0.1) is 51.8 Å². The Bertz CT molecular complexity index is 1770. The number of rotatable bonds is 8. The molecule has 5 saturated carbocycles. The molecule has 1 spiro atoms. The zero-order valence-electron chi connectivity index (χ0n) is 31.9. The Kier molecular flexibility index (Phi) is 9.57. The van der Waals surface area contributed by atoms with Gasteiger partial charge in [-0.15, -0.1) is 0 Å². The quantitative estimate of drug-likeness (QED) is 0.0906. The summed E-state index contributed by atoms with van der Waals surface area (Å²) in [4.78, 5) is 27.1. The Morgan fingerprint density at radius 3 is 2.59 bits per heavy atom. The molecule has 1 heterocycles. The van der Waals surface area contributed by atoms with E-state index in [1.54, 1.807) is 0 Å². The standard InChI is InChI=1S/C44H59NO9/c1-3-4-5-10-28-21-39(25-47)36-13-15-40-14-7-6-9-27-11-8-12-29(24-46)31(27)19-34(45-2)32-18-30(42(40,26-48)33-20-37(50)54-38(32)33)22-44(40,53)43(36,52)17-16-41(39,51)23-35(28)49/h8,11-12,20,25,28,30,32,34-36,38,45-46,48-49,51-53H,3-5,7,10,13-19,21-24,26H2,1-2H3/t28-,30+,32-,34-,35+,36-,38-,39+,40+,41-,42+,43-,44+/m0/s1. The first-order chi connectivity index (χ1) is 25.9. The van der Waals surface area contributed by atoms with Crippen LogP contribution in [0.2, 0.25) is 0 Å². The smallest absolute Gasteiger partial charge is 0.331 e. The molecule has 0 aromatic heterocycles. The van der Waals surface area contributed by atoms with Crippen LogP contribution in [0.4, 0.5) is 0 Å². The zero-order chi connectivity index (χ0) is 38.3. The Labute approximate surface area is 318 Å². The number of carbonyl (C=O) groups is 2. The molecule has 10 heteroatoms. The highest BCUT2D eigenvalue weighted by atomic mass is 16.5. The predicted octanol–water partition coefficient (Wildman–Crippen LogP) is 3.25. The van der Waals surface area contributed by atoms with Gasteiger partial charge in [0.05, 0.1) is 35.9 Å². The molecule has 1 aliphatic heterocycles. The molecular formula is C44H59NO9. The van der Waals surface area contributed by atoms with Gasteiger partial charge in [0.15, 0.2) is 0 Å². The zero-order valence-corrected chi connectivity index (χ0v) is 31.9. The van der Waals surface area contributed by atoms with Crippen LogP contribution in [-0.4, -0.2) is 91.6 Å². The van der Waals surface area contributed by atoms with Crippen molar-refractivity contribution < 1.29 is 45.0 Å². The third kappa shape index (κ3) is 4.85. The van der Waals surface area contributed by atoms with Crippen LogP contribution in [0.15, 0.2) is 29.8 Å². The summed E-state index contributed by atoms with van der Waals surface area (Å²) < 4.78 is 6.17. The Morgan fingerprint density at radius 2 is 1.87 bits per heavy atom. The van der Waals surface area contributed by atoms with Gasteiger partial charge in [0.25, 0.3) is 0 Å². The molecule has 1 aromatic carbocycles. The highest BCUT2D eigenvalue weighted by Gasteiger charge is 2.84. The Hall–Kier alpha value is -2.62. The predicted molar refractivity (Wildman–Crippen MR) is 199 cm³/mol. The molecule has 6 aliphatic carbocycles. The molecule has 0 amide bonds. The number of aliphatic hydroxyl groups excluding tert-OH is 3. The Morgan fingerprint density at radius 1 is 1.06 bits per heavy atom. The molecule has 7 aliphatic rings. The topological polar surface area (TPSA) is 177 Å². The number of benzene rings is 1. The second-order valence-electron chi connectivity index (χ2n) is 18.3. The summed E-state index contributed by atoms with van der Waals surface area (Å²) in [6, 6.07) is 5.52. The molecule has 8 rings (SSSR count). The molecule has 0 radical (unpaired) electrons. The largest absolute Gasteiger partial charge is 0.454 e. The molecule has 4 bridgehead atoms. The minimum atomic E-state index is -1.81. The van der Waals surface area contributed by atoms with Crippen LogP contribution in [0.5, 0.6) is 0 Å². The maximum Gasteiger partial charge on any atom is 0.331 e. The first-order valence-electron chi connectivity index (χ1n) is 20.6. The van der Waals surface area contributed by atoms with Gasteiger partial charge >= 0.3 is 5.97 Å². The van der Waals surface area contributed by atoms with E-state index in [-0.39, 0.29) is 69.1 Å². The summed E-state index contributed by atoms with van der Waals surface area (Å²) in [5.41, 5.74) is -5.57. The van der Waals surface area contributed by atoms with Gasteiger partial charge < -0.3 is 45.5 Å². The molecule has 1 aromatic rings. The fraction of sp³-hybridized carbons (Fsp3) is 0.727. The fourth-order valence-electron chi connectivity index (χ4n) is 14.3. The highest BCUT2D eigenvalue weighted by Crippen LogP contribution is 2.79. The average molecular weight is 746 g/mol. The number of ether oxygens (including phenoxy) is 1. The molecule has 10 nitrogen and oxygen atoms in total. The van der Waals surface area contributed by atoms with Gasteiger partial charge in [-0.2, -0.15) is 0 Å². The molecule has 13 atom stereocenters. The van der Waals surface area contributed by atoms with Gasteiger partial charge in [0.2, 0.25) is 0 Å². The van der Waals surface area contributed by atoms with Crippen LogP contribution in [0.1, 0.15) is 114 Å². The minimum absolute atomic E-state index is 0.0346. The van der Waals surface area contributed by atoms with E-state index in [9.17, 15) is 40.2 Å². The number of unbranched alkanes of at least 4 members (excludes halogenated alkanes) is 2. The molecule has 7 N–H and O–H groups in total. The van der Waals surface area contributed by atoms with Crippen molar-refractivity contribution in [3.63, 3.8) is 0 Å². The summed E-state index contributed by atoms with van der Waals surface area (Å²) in [7, 11) is 1.87. The van der Waals surface area contributed by atoms with Gasteiger partial charge in [-0.3, -0.25) is 0 Å². The molecule has 0 unspecified atom stereocenters. The van der Waals surface area contributed by atoms with E-state index in [1.807, 2.05) is 25.2 Å². The third-order valence-electron chi connectivity index (χ3n) is 16.7. The first-order valence-corrected chi connectivity index (χ1v) is 20.6. The molecule has 0 saturated heterocycles. The maximum absolute atomic E-state index is 13.8. The summed E-state index contributed by atoms with van der Waals surface area (Å²) in [6.07, 6.45) is 7.43. The van der Waals surface area contributed by atoms with Crippen molar-refractivity contribution in [2.24, 2.45) is 39.9 Å². The van der Waals surface area contributed by atoms with Gasteiger partial charge in [0.1, 0.15) is 18.0 Å². The number of fused-ring (bicyclic) bond motifs is 8. The van der Waals surface area contributed by atoms with Gasteiger partial charge in [0, 0.05) is 53.2 Å². The van der Waals surface area contributed by atoms with E-state index in [1.165, 1.54) is 6.08 Å². The second-order valence-corrected chi connectivity index (χ2v) is 18.3. The van der Waals surface area contributed by atoms with Crippen molar-refractivity contribution in [3.8, 4) is 11.8 Å². The first kappa shape index (κ1) is 38.3. The lowest BCUT2D eigenvalue weighted by molar-refractivity contribution is -0.329. The molecule has 294 valence electrons. The number of aliphatic hydroxyl groups is 6. The normalized spacial score (nSPS) is 46.1. The highest BCUT2D eigenvalue weighted by molar-refractivity contribution is 5.87. The summed E-state index contributed by atoms with van der Waals surface area (Å²) in [6.45, 7) is 1.62. The molecule has 54 heavy (non-hydrogen) atoms. The van der Waals surface area contributed by atoms with Crippen molar-refractivity contribution in [1.29, 1.82) is 0 Å². The van der Waals surface area contributed by atoms with Crippen LogP contribution in [-0.2, 0) is 27.4 Å². The third-order valence-corrected chi connectivity index (χ3v) is 16.7. The van der Waals surface area contributed by atoms with E-state index >= 15 is 0 Å². The van der Waals surface area contributed by atoms with Crippen LogP contribution < -0.4 is 5.32 Å². The van der Waals surface area contributed by atoms with Gasteiger partial charge in [-0.05, 0) is 106 Å². The lowest BCUT2D eigenvalue weighted by Gasteiger charge is -2.70.